The number of benzene rings is 4. The van der Waals surface area contributed by atoms with Crippen LogP contribution in [0.1, 0.15) is 37.4 Å². The molecule has 0 spiro atoms. The number of aromatic nitrogens is 1. The summed E-state index contributed by atoms with van der Waals surface area (Å²) in [4.78, 5) is 27.4. The minimum absolute atomic E-state index is 0. The Hall–Kier alpha value is -5.01. The zero-order valence-electron chi connectivity index (χ0n) is 23.4. The minimum atomic E-state index is -0.264. The van der Waals surface area contributed by atoms with Crippen molar-refractivity contribution in [2.45, 2.75) is 6.92 Å². The van der Waals surface area contributed by atoms with Gasteiger partial charge < -0.3 is 15.7 Å². The number of ketones is 2. The molecule has 43 heavy (non-hydrogen) atoms. The molecule has 0 amide bonds. The molecule has 6 nitrogen and oxygen atoms in total. The molecule has 0 aliphatic rings. The maximum absolute atomic E-state index is 11.8. The molecule has 1 radical (unpaired) electrons. The van der Waals surface area contributed by atoms with Gasteiger partial charge in [-0.3, -0.25) is 14.6 Å². The largest absolute Gasteiger partial charge is 4.00 e. The van der Waals surface area contributed by atoms with Crippen LogP contribution in [0.2, 0.25) is 0 Å². The van der Waals surface area contributed by atoms with Crippen LogP contribution in [0.3, 0.4) is 0 Å². The molecule has 0 fully saturated rings. The minimum Gasteiger partial charge on any atom is -2.00 e. The molecule has 0 saturated heterocycles. The van der Waals surface area contributed by atoms with E-state index in [1.54, 1.807) is 103 Å². The van der Waals surface area contributed by atoms with Gasteiger partial charge in [0.1, 0.15) is 0 Å². The first-order chi connectivity index (χ1) is 19.9. The number of aryl methyl sites for hydroxylation is 1. The summed E-state index contributed by atoms with van der Waals surface area (Å²) in [6.07, 6.45) is 5.86. The molecule has 0 bridgehead atoms. The molecule has 0 unspecified atom stereocenters. The van der Waals surface area contributed by atoms with Crippen LogP contribution in [0.25, 0.3) is 11.5 Å². The number of carbonyl (C=O) groups excluding carboxylic acids is 2. The summed E-state index contributed by atoms with van der Waals surface area (Å²) in [5, 5.41) is 23.5. The van der Waals surface area contributed by atoms with Crippen LogP contribution in [0, 0.1) is 6.92 Å². The predicted octanol–water partition coefficient (Wildman–Crippen LogP) is 5.81. The van der Waals surface area contributed by atoms with Crippen molar-refractivity contribution < 1.29 is 43.8 Å². The molecule has 4 aromatic carbocycles. The van der Waals surface area contributed by atoms with Gasteiger partial charge >= 0.3 is 18.6 Å². The molecule has 0 aliphatic carbocycles. The van der Waals surface area contributed by atoms with E-state index in [0.29, 0.717) is 22.3 Å². The van der Waals surface area contributed by atoms with Crippen molar-refractivity contribution in [2.75, 3.05) is 0 Å². The van der Waals surface area contributed by atoms with E-state index in [1.807, 2.05) is 49.5 Å². The van der Waals surface area contributed by atoms with E-state index in [1.165, 1.54) is 5.56 Å². The van der Waals surface area contributed by atoms with E-state index in [-0.39, 0.29) is 47.1 Å². The molecule has 5 rings (SSSR count). The molecule has 0 atom stereocenters. The monoisotopic (exact) mass is 606 g/mol. The third-order valence-electron chi connectivity index (χ3n) is 5.57. The number of allylic oxidation sites excluding steroid dienone is 2. The molecule has 0 aliphatic heterocycles. The fourth-order valence-electron chi connectivity index (χ4n) is 3.43. The average molecular weight is 607 g/mol. The molecule has 213 valence electrons. The molecule has 0 saturated carbocycles. The van der Waals surface area contributed by atoms with E-state index in [4.69, 9.17) is 0 Å². The molecular weight excluding hydrogens is 577 g/mol. The zero-order valence-corrected chi connectivity index (χ0v) is 24.8. The number of pyridine rings is 1. The van der Waals surface area contributed by atoms with Gasteiger partial charge in [0.05, 0.1) is 0 Å². The number of hydrogen-bond donors (Lipinski definition) is 0. The summed E-state index contributed by atoms with van der Waals surface area (Å²) in [5.41, 5.74) is 3.31. The molecule has 0 N–H and O–H groups in total. The second-order valence-electron chi connectivity index (χ2n) is 8.74. The zero-order chi connectivity index (χ0) is 29.3. The fourth-order valence-corrected chi connectivity index (χ4v) is 3.43. The third kappa shape index (κ3) is 13.0. The van der Waals surface area contributed by atoms with E-state index < -0.39 is 0 Å². The second kappa shape index (κ2) is 20.0. The Morgan fingerprint density at radius 1 is 0.535 bits per heavy atom. The molecule has 5 aromatic rings. The number of hydrogen-bond acceptors (Lipinski definition) is 5. The van der Waals surface area contributed by atoms with E-state index in [9.17, 15) is 19.8 Å². The van der Waals surface area contributed by atoms with E-state index >= 15 is 0 Å². The summed E-state index contributed by atoms with van der Waals surface area (Å²) in [5.74, 6) is -1.06. The van der Waals surface area contributed by atoms with Crippen LogP contribution < -0.4 is 10.2 Å². The molecule has 1 heterocycles. The van der Waals surface area contributed by atoms with Crippen LogP contribution in [-0.4, -0.2) is 16.6 Å². The summed E-state index contributed by atoms with van der Waals surface area (Å²) in [6.45, 7) is 2.02. The topological polar surface area (TPSA) is 122 Å². The Labute approximate surface area is 263 Å². The van der Waals surface area contributed by atoms with Gasteiger partial charge in [-0.15, -0.1) is 0 Å². The van der Waals surface area contributed by atoms with E-state index in [2.05, 4.69) is 4.98 Å². The second-order valence-corrected chi connectivity index (χ2v) is 8.74. The van der Waals surface area contributed by atoms with Crippen molar-refractivity contribution >= 4 is 23.1 Å². The Morgan fingerprint density at radius 2 is 0.860 bits per heavy atom. The van der Waals surface area contributed by atoms with Crippen LogP contribution in [0.15, 0.2) is 158 Å². The summed E-state index contributed by atoms with van der Waals surface area (Å²) >= 11 is 0. The van der Waals surface area contributed by atoms with Crippen molar-refractivity contribution in [3.05, 3.63) is 186 Å². The maximum atomic E-state index is 11.8. The van der Waals surface area contributed by atoms with Gasteiger partial charge in [-0.2, -0.15) is 0 Å². The van der Waals surface area contributed by atoms with Crippen LogP contribution >= 0.6 is 0 Å². The Kier molecular flexibility index (Phi) is 16.7. The first kappa shape index (κ1) is 36.0. The van der Waals surface area contributed by atoms with Crippen molar-refractivity contribution in [3.63, 3.8) is 0 Å². The Morgan fingerprint density at radius 3 is 1.12 bits per heavy atom. The van der Waals surface area contributed by atoms with Crippen molar-refractivity contribution in [3.8, 4) is 0 Å². The molecule has 1 aromatic heterocycles. The summed E-state index contributed by atoms with van der Waals surface area (Å²) in [7, 11) is 0. The SMILES string of the molecule is Cc1cccnc1.O=C(/C=C(\[O-])c1ccccc1)c1ccccc1.O=C(/C=C(\[O-])c1ccccc1)c1ccccc1.[O-2].[V+4]. The summed E-state index contributed by atoms with van der Waals surface area (Å²) < 4.78 is 0. The van der Waals surface area contributed by atoms with Gasteiger partial charge in [0.25, 0.3) is 0 Å². The standard InChI is InChI=1S/2C15H12O2.C6H7N.O.V/c2*16-14(12-7-3-1-4-8-12)11-15(17)13-9-5-2-6-10-13;1-6-3-2-4-7-5-6;;/h2*1-11,16H;2-5H,1H3;;/q;;;-2;+4/p-2/b2*14-11-;;;. The van der Waals surface area contributed by atoms with Gasteiger partial charge in [0, 0.05) is 23.5 Å². The van der Waals surface area contributed by atoms with Crippen molar-refractivity contribution in [2.24, 2.45) is 0 Å². The number of nitrogens with zero attached hydrogens (tertiary/aromatic N) is 1. The van der Waals surface area contributed by atoms with Crippen molar-refractivity contribution in [1.82, 2.24) is 4.98 Å². The Bertz CT molecular complexity index is 1460. The summed E-state index contributed by atoms with van der Waals surface area (Å²) in [6, 6.07) is 39.0. The quantitative estimate of drug-likeness (QED) is 0.137. The number of carbonyl (C=O) groups is 2. The third-order valence-corrected chi connectivity index (χ3v) is 5.57. The van der Waals surface area contributed by atoms with Crippen molar-refractivity contribution in [1.29, 1.82) is 0 Å². The first-order valence-electron chi connectivity index (χ1n) is 12.9. The average Bonchev–Trinajstić information content (AvgIpc) is 3.03. The molecular formula is C36H29NO5V. The predicted molar refractivity (Wildman–Crippen MR) is 160 cm³/mol. The maximum Gasteiger partial charge on any atom is 4.00 e. The fraction of sp³-hybridized carbons (Fsp3) is 0.0278. The van der Waals surface area contributed by atoms with Gasteiger partial charge in [-0.05, 0) is 41.8 Å². The normalized spacial score (nSPS) is 10.3. The Balaban J connectivity index is 0.000000339. The molecule has 7 heteroatoms. The number of rotatable bonds is 6. The van der Waals surface area contributed by atoms with E-state index in [0.717, 1.165) is 12.2 Å². The van der Waals surface area contributed by atoms with Gasteiger partial charge in [0.2, 0.25) is 0 Å². The van der Waals surface area contributed by atoms with Crippen LogP contribution in [0.4, 0.5) is 0 Å². The first-order valence-corrected chi connectivity index (χ1v) is 12.9. The van der Waals surface area contributed by atoms with Gasteiger partial charge in [-0.1, -0.05) is 139 Å². The van der Waals surface area contributed by atoms with Crippen LogP contribution in [0.5, 0.6) is 0 Å². The van der Waals surface area contributed by atoms with Gasteiger partial charge in [0.15, 0.2) is 11.6 Å². The smallest absolute Gasteiger partial charge is 2.00 e. The van der Waals surface area contributed by atoms with Gasteiger partial charge in [-0.25, -0.2) is 0 Å². The van der Waals surface area contributed by atoms with Crippen LogP contribution in [-0.2, 0) is 24.0 Å².